The molecule has 2 rings (SSSR count). The molecule has 0 nitrogen and oxygen atoms in total. The van der Waals surface area contributed by atoms with Crippen LogP contribution in [0.4, 0.5) is 0 Å². The maximum absolute atomic E-state index is 2.39. The molecular weight excluding hydrogens is 276 g/mol. The van der Waals surface area contributed by atoms with Crippen LogP contribution in [0.15, 0.2) is 24.3 Å². The van der Waals surface area contributed by atoms with Crippen molar-refractivity contribution in [3.05, 3.63) is 68.8 Å². The molecule has 0 aromatic heterocycles. The topological polar surface area (TPSA) is 0 Å². The molecular formula is C23H32. The second-order valence-electron chi connectivity index (χ2n) is 7.17. The summed E-state index contributed by atoms with van der Waals surface area (Å²) in [5, 5.41) is 0. The van der Waals surface area contributed by atoms with Crippen LogP contribution >= 0.6 is 0 Å². The molecule has 2 aromatic carbocycles. The van der Waals surface area contributed by atoms with E-state index in [-0.39, 0.29) is 0 Å². The van der Waals surface area contributed by atoms with Gasteiger partial charge in [-0.1, -0.05) is 37.6 Å². The summed E-state index contributed by atoms with van der Waals surface area (Å²) in [5.74, 6) is 0. The molecule has 0 aliphatic heterocycles. The molecule has 23 heavy (non-hydrogen) atoms. The molecule has 0 atom stereocenters. The molecule has 0 bridgehead atoms. The predicted octanol–water partition coefficient (Wildman–Crippen LogP) is 6.36. The van der Waals surface area contributed by atoms with Gasteiger partial charge in [0.25, 0.3) is 0 Å². The summed E-state index contributed by atoms with van der Waals surface area (Å²) >= 11 is 0. The summed E-state index contributed by atoms with van der Waals surface area (Å²) in [6.07, 6.45) is 6.03. The van der Waals surface area contributed by atoms with E-state index in [0.29, 0.717) is 0 Å². The Morgan fingerprint density at radius 2 is 1.09 bits per heavy atom. The van der Waals surface area contributed by atoms with Crippen LogP contribution in [0.5, 0.6) is 0 Å². The van der Waals surface area contributed by atoms with Gasteiger partial charge in [0.1, 0.15) is 0 Å². The fourth-order valence-corrected chi connectivity index (χ4v) is 3.65. The highest BCUT2D eigenvalue weighted by atomic mass is 14.1. The smallest absolute Gasteiger partial charge is 0.0270 e. The van der Waals surface area contributed by atoms with E-state index in [1.165, 1.54) is 71.0 Å². The normalized spacial score (nSPS) is 11.0. The highest BCUT2D eigenvalue weighted by Gasteiger charge is 2.06. The quantitative estimate of drug-likeness (QED) is 0.582. The second kappa shape index (κ2) is 7.81. The lowest BCUT2D eigenvalue weighted by Crippen LogP contribution is -1.99. The first-order valence-electron chi connectivity index (χ1n) is 9.08. The molecule has 0 aliphatic rings. The number of aryl methyl sites for hydroxylation is 6. The summed E-state index contributed by atoms with van der Waals surface area (Å²) in [5.41, 5.74) is 11.8. The fraction of sp³-hybridized carbons (Fsp3) is 0.478. The van der Waals surface area contributed by atoms with Crippen LogP contribution in [0.1, 0.15) is 64.3 Å². The van der Waals surface area contributed by atoms with Crippen LogP contribution in [-0.4, -0.2) is 0 Å². The third-order valence-corrected chi connectivity index (χ3v) is 5.17. The minimum absolute atomic E-state index is 1.18. The number of rotatable bonds is 6. The highest BCUT2D eigenvalue weighted by molar-refractivity contribution is 5.39. The molecule has 0 fully saturated rings. The largest absolute Gasteiger partial charge is 0.0651 e. The lowest BCUT2D eigenvalue weighted by atomic mass is 9.92. The van der Waals surface area contributed by atoms with Gasteiger partial charge in [-0.05, 0) is 105 Å². The van der Waals surface area contributed by atoms with Crippen LogP contribution in [0.3, 0.4) is 0 Å². The van der Waals surface area contributed by atoms with Crippen molar-refractivity contribution in [2.24, 2.45) is 0 Å². The number of hydrogen-bond donors (Lipinski definition) is 0. The predicted molar refractivity (Wildman–Crippen MR) is 103 cm³/mol. The molecule has 0 radical (unpaired) electrons. The van der Waals surface area contributed by atoms with E-state index < -0.39 is 0 Å². The molecule has 0 aliphatic carbocycles. The van der Waals surface area contributed by atoms with Crippen molar-refractivity contribution in [3.8, 4) is 0 Å². The van der Waals surface area contributed by atoms with Crippen molar-refractivity contribution in [2.75, 3.05) is 0 Å². The van der Waals surface area contributed by atoms with E-state index in [2.05, 4.69) is 65.8 Å². The molecule has 0 amide bonds. The van der Waals surface area contributed by atoms with Crippen LogP contribution in [-0.2, 0) is 19.3 Å². The Morgan fingerprint density at radius 3 is 1.61 bits per heavy atom. The third kappa shape index (κ3) is 4.47. The Labute approximate surface area is 143 Å². The standard InChI is InChI=1S/C23H32/c1-7-9-21-14-18(4)23(19(5)15-21)11-8-10-22-12-16(2)20(6)17(3)13-22/h12-15H,7-11H2,1-6H3. The first-order valence-corrected chi connectivity index (χ1v) is 9.08. The van der Waals surface area contributed by atoms with Gasteiger partial charge in [-0.3, -0.25) is 0 Å². The van der Waals surface area contributed by atoms with Crippen molar-refractivity contribution in [2.45, 2.75) is 73.6 Å². The monoisotopic (exact) mass is 308 g/mol. The Balaban J connectivity index is 2.04. The van der Waals surface area contributed by atoms with Gasteiger partial charge in [0.2, 0.25) is 0 Å². The summed E-state index contributed by atoms with van der Waals surface area (Å²) < 4.78 is 0. The maximum atomic E-state index is 2.39. The van der Waals surface area contributed by atoms with E-state index in [4.69, 9.17) is 0 Å². The Kier molecular flexibility index (Phi) is 6.04. The fourth-order valence-electron chi connectivity index (χ4n) is 3.65. The molecule has 0 heteroatoms. The lowest BCUT2D eigenvalue weighted by Gasteiger charge is -2.13. The second-order valence-corrected chi connectivity index (χ2v) is 7.17. The summed E-state index contributed by atoms with van der Waals surface area (Å²) in [7, 11) is 0. The molecule has 0 spiro atoms. The third-order valence-electron chi connectivity index (χ3n) is 5.17. The minimum Gasteiger partial charge on any atom is -0.0651 e. The SMILES string of the molecule is CCCc1cc(C)c(CCCc2cc(C)c(C)c(C)c2)c(C)c1. The molecule has 0 saturated heterocycles. The maximum Gasteiger partial charge on any atom is -0.0270 e. The number of hydrogen-bond acceptors (Lipinski definition) is 0. The van der Waals surface area contributed by atoms with Crippen molar-refractivity contribution in [1.29, 1.82) is 0 Å². The molecule has 124 valence electrons. The Bertz CT molecular complexity index is 630. The van der Waals surface area contributed by atoms with Gasteiger partial charge in [-0.2, -0.15) is 0 Å². The van der Waals surface area contributed by atoms with Crippen LogP contribution in [0.25, 0.3) is 0 Å². The van der Waals surface area contributed by atoms with E-state index in [9.17, 15) is 0 Å². The molecule has 0 unspecified atom stereocenters. The van der Waals surface area contributed by atoms with E-state index in [1.807, 2.05) is 0 Å². The van der Waals surface area contributed by atoms with Gasteiger partial charge in [0.05, 0.1) is 0 Å². The van der Waals surface area contributed by atoms with Gasteiger partial charge in [-0.25, -0.2) is 0 Å². The highest BCUT2D eigenvalue weighted by Crippen LogP contribution is 2.21. The number of benzene rings is 2. The molecule has 0 N–H and O–H groups in total. The van der Waals surface area contributed by atoms with E-state index >= 15 is 0 Å². The van der Waals surface area contributed by atoms with E-state index in [0.717, 1.165) is 0 Å². The van der Waals surface area contributed by atoms with Crippen molar-refractivity contribution >= 4 is 0 Å². The first-order chi connectivity index (χ1) is 10.9. The van der Waals surface area contributed by atoms with Crippen molar-refractivity contribution in [3.63, 3.8) is 0 Å². The van der Waals surface area contributed by atoms with Crippen molar-refractivity contribution in [1.82, 2.24) is 0 Å². The zero-order valence-electron chi connectivity index (χ0n) is 15.8. The van der Waals surface area contributed by atoms with Gasteiger partial charge >= 0.3 is 0 Å². The average Bonchev–Trinajstić information content (AvgIpc) is 2.48. The summed E-state index contributed by atoms with van der Waals surface area (Å²) in [4.78, 5) is 0. The van der Waals surface area contributed by atoms with Crippen LogP contribution in [0.2, 0.25) is 0 Å². The van der Waals surface area contributed by atoms with Gasteiger partial charge in [0.15, 0.2) is 0 Å². The summed E-state index contributed by atoms with van der Waals surface area (Å²) in [6, 6.07) is 9.52. The molecule has 0 saturated carbocycles. The molecule has 2 aromatic rings. The van der Waals surface area contributed by atoms with Crippen molar-refractivity contribution < 1.29 is 0 Å². The van der Waals surface area contributed by atoms with Crippen LogP contribution in [0, 0.1) is 34.6 Å². The first kappa shape index (κ1) is 17.8. The average molecular weight is 309 g/mol. The van der Waals surface area contributed by atoms with Gasteiger partial charge < -0.3 is 0 Å². The zero-order valence-corrected chi connectivity index (χ0v) is 15.8. The van der Waals surface area contributed by atoms with E-state index in [1.54, 1.807) is 5.56 Å². The zero-order chi connectivity index (χ0) is 17.0. The lowest BCUT2D eigenvalue weighted by molar-refractivity contribution is 0.807. The molecule has 0 heterocycles. The summed E-state index contributed by atoms with van der Waals surface area (Å²) in [6.45, 7) is 13.5. The Hall–Kier alpha value is -1.56. The van der Waals surface area contributed by atoms with Gasteiger partial charge in [-0.15, -0.1) is 0 Å². The van der Waals surface area contributed by atoms with Gasteiger partial charge in [0, 0.05) is 0 Å². The van der Waals surface area contributed by atoms with Crippen LogP contribution < -0.4 is 0 Å². The Morgan fingerprint density at radius 1 is 0.609 bits per heavy atom. The minimum atomic E-state index is 1.18.